The van der Waals surface area contributed by atoms with E-state index in [2.05, 4.69) is 5.10 Å². The molecule has 1 fully saturated rings. The van der Waals surface area contributed by atoms with Crippen molar-refractivity contribution in [3.63, 3.8) is 0 Å². The number of aromatic nitrogens is 2. The van der Waals surface area contributed by atoms with Crippen molar-refractivity contribution in [1.29, 1.82) is 0 Å². The lowest BCUT2D eigenvalue weighted by Gasteiger charge is -2.09. The third-order valence-corrected chi connectivity index (χ3v) is 2.83. The standard InChI is InChI=1S/C10H13ClN2O2/c1-2-13-9(7(11)6-12-13)10(14)8-4-3-5-15-8/h6,8H,2-5H2,1H3. The van der Waals surface area contributed by atoms with Crippen LogP contribution < -0.4 is 0 Å². The Hall–Kier alpha value is -0.870. The SMILES string of the molecule is CCn1ncc(Cl)c1C(=O)C1CCCO1. The largest absolute Gasteiger partial charge is 0.370 e. The van der Waals surface area contributed by atoms with E-state index in [9.17, 15) is 4.79 Å². The van der Waals surface area contributed by atoms with Gasteiger partial charge in [-0.1, -0.05) is 11.6 Å². The van der Waals surface area contributed by atoms with Crippen LogP contribution >= 0.6 is 11.6 Å². The molecular formula is C10H13ClN2O2. The summed E-state index contributed by atoms with van der Waals surface area (Å²) in [7, 11) is 0. The van der Waals surface area contributed by atoms with Gasteiger partial charge in [0.1, 0.15) is 11.8 Å². The van der Waals surface area contributed by atoms with E-state index in [1.165, 1.54) is 6.20 Å². The van der Waals surface area contributed by atoms with Crippen LogP contribution in [-0.2, 0) is 11.3 Å². The zero-order valence-corrected chi connectivity index (χ0v) is 9.33. The zero-order chi connectivity index (χ0) is 10.8. The molecule has 0 N–H and O–H groups in total. The highest BCUT2D eigenvalue weighted by Crippen LogP contribution is 2.22. The second-order valence-electron chi connectivity index (χ2n) is 3.52. The van der Waals surface area contributed by atoms with Crippen molar-refractivity contribution < 1.29 is 9.53 Å². The molecule has 15 heavy (non-hydrogen) atoms. The molecule has 1 aromatic rings. The minimum Gasteiger partial charge on any atom is -0.370 e. The summed E-state index contributed by atoms with van der Waals surface area (Å²) in [5.41, 5.74) is 0.478. The normalized spacial score (nSPS) is 20.8. The number of nitrogens with zero attached hydrogens (tertiary/aromatic N) is 2. The summed E-state index contributed by atoms with van der Waals surface area (Å²) >= 11 is 5.94. The van der Waals surface area contributed by atoms with Crippen molar-refractivity contribution in [1.82, 2.24) is 9.78 Å². The van der Waals surface area contributed by atoms with Crippen LogP contribution in [0.3, 0.4) is 0 Å². The summed E-state index contributed by atoms with van der Waals surface area (Å²) in [6.45, 7) is 3.23. The van der Waals surface area contributed by atoms with E-state index >= 15 is 0 Å². The Labute approximate surface area is 93.2 Å². The summed E-state index contributed by atoms with van der Waals surface area (Å²) in [6, 6.07) is 0. The van der Waals surface area contributed by atoms with Gasteiger partial charge in [0.25, 0.3) is 0 Å². The van der Waals surface area contributed by atoms with Gasteiger partial charge in [-0.3, -0.25) is 9.48 Å². The van der Waals surface area contributed by atoms with Gasteiger partial charge in [-0.05, 0) is 19.8 Å². The number of rotatable bonds is 3. The summed E-state index contributed by atoms with van der Waals surface area (Å²) < 4.78 is 6.96. The molecule has 2 rings (SSSR count). The van der Waals surface area contributed by atoms with Crippen LogP contribution in [0.4, 0.5) is 0 Å². The maximum Gasteiger partial charge on any atom is 0.211 e. The molecule has 1 saturated heterocycles. The molecule has 5 heteroatoms. The number of ketones is 1. The maximum atomic E-state index is 12.0. The second kappa shape index (κ2) is 4.33. The fourth-order valence-electron chi connectivity index (χ4n) is 1.78. The predicted octanol–water partition coefficient (Wildman–Crippen LogP) is 1.92. The van der Waals surface area contributed by atoms with Crippen molar-refractivity contribution in [2.24, 2.45) is 0 Å². The zero-order valence-electron chi connectivity index (χ0n) is 8.57. The third kappa shape index (κ3) is 1.92. The molecule has 82 valence electrons. The lowest BCUT2D eigenvalue weighted by molar-refractivity contribution is 0.0632. The van der Waals surface area contributed by atoms with Crippen LogP contribution in [0.2, 0.25) is 5.02 Å². The Morgan fingerprint density at radius 2 is 2.60 bits per heavy atom. The second-order valence-corrected chi connectivity index (χ2v) is 3.93. The van der Waals surface area contributed by atoms with Gasteiger partial charge in [0.2, 0.25) is 5.78 Å². The van der Waals surface area contributed by atoms with Gasteiger partial charge < -0.3 is 4.74 Å². The molecule has 0 aromatic carbocycles. The van der Waals surface area contributed by atoms with Gasteiger partial charge in [0, 0.05) is 13.2 Å². The molecule has 1 aliphatic rings. The number of halogens is 1. The van der Waals surface area contributed by atoms with Gasteiger partial charge in [-0.15, -0.1) is 0 Å². The summed E-state index contributed by atoms with van der Waals surface area (Å²) in [4.78, 5) is 12.0. The van der Waals surface area contributed by atoms with E-state index in [-0.39, 0.29) is 11.9 Å². The lowest BCUT2D eigenvalue weighted by Crippen LogP contribution is -2.23. The van der Waals surface area contributed by atoms with E-state index in [0.29, 0.717) is 23.9 Å². The van der Waals surface area contributed by atoms with Crippen LogP contribution in [0.1, 0.15) is 30.3 Å². The molecule has 4 nitrogen and oxygen atoms in total. The molecule has 0 saturated carbocycles. The molecule has 1 unspecified atom stereocenters. The molecular weight excluding hydrogens is 216 g/mol. The first-order valence-corrected chi connectivity index (χ1v) is 5.49. The summed E-state index contributed by atoms with van der Waals surface area (Å²) in [6.07, 6.45) is 2.90. The quantitative estimate of drug-likeness (QED) is 0.743. The highest BCUT2D eigenvalue weighted by Gasteiger charge is 2.28. The monoisotopic (exact) mass is 228 g/mol. The highest BCUT2D eigenvalue weighted by molar-refractivity contribution is 6.33. The first kappa shape index (κ1) is 10.6. The highest BCUT2D eigenvalue weighted by atomic mass is 35.5. The number of ether oxygens (including phenoxy) is 1. The van der Waals surface area contributed by atoms with E-state index in [1.54, 1.807) is 4.68 Å². The molecule has 0 amide bonds. The fourth-order valence-corrected chi connectivity index (χ4v) is 2.02. The average molecular weight is 229 g/mol. The first-order valence-electron chi connectivity index (χ1n) is 5.11. The van der Waals surface area contributed by atoms with Crippen LogP contribution in [0.25, 0.3) is 0 Å². The molecule has 0 bridgehead atoms. The van der Waals surface area contributed by atoms with Crippen molar-refractivity contribution in [2.75, 3.05) is 6.61 Å². The van der Waals surface area contributed by atoms with Crippen LogP contribution in [0.15, 0.2) is 6.20 Å². The lowest BCUT2D eigenvalue weighted by atomic mass is 10.1. The number of carbonyl (C=O) groups excluding carboxylic acids is 1. The van der Waals surface area contributed by atoms with Crippen LogP contribution in [-0.4, -0.2) is 28.3 Å². The average Bonchev–Trinajstić information content (AvgIpc) is 2.85. The van der Waals surface area contributed by atoms with Gasteiger partial charge in [-0.25, -0.2) is 0 Å². The van der Waals surface area contributed by atoms with E-state index in [1.807, 2.05) is 6.92 Å². The fraction of sp³-hybridized carbons (Fsp3) is 0.600. The van der Waals surface area contributed by atoms with Gasteiger partial charge >= 0.3 is 0 Å². The van der Waals surface area contributed by atoms with Gasteiger partial charge in [-0.2, -0.15) is 5.10 Å². The van der Waals surface area contributed by atoms with Crippen LogP contribution in [0.5, 0.6) is 0 Å². The maximum absolute atomic E-state index is 12.0. The minimum absolute atomic E-state index is 0.0446. The Bertz CT molecular complexity index is 369. The van der Waals surface area contributed by atoms with E-state index in [0.717, 1.165) is 12.8 Å². The van der Waals surface area contributed by atoms with Crippen molar-refractivity contribution >= 4 is 17.4 Å². The number of carbonyl (C=O) groups is 1. The number of aryl methyl sites for hydroxylation is 1. The Morgan fingerprint density at radius 1 is 1.80 bits per heavy atom. The smallest absolute Gasteiger partial charge is 0.211 e. The van der Waals surface area contributed by atoms with Gasteiger partial charge in [0.05, 0.1) is 11.2 Å². The predicted molar refractivity (Wildman–Crippen MR) is 56.2 cm³/mol. The summed E-state index contributed by atoms with van der Waals surface area (Å²) in [5, 5.41) is 4.45. The molecule has 0 spiro atoms. The molecule has 1 aromatic heterocycles. The molecule has 2 heterocycles. The number of Topliss-reactive ketones (excluding diaryl/α,β-unsaturated/α-hetero) is 1. The molecule has 1 aliphatic heterocycles. The molecule has 0 aliphatic carbocycles. The van der Waals surface area contributed by atoms with Crippen molar-refractivity contribution in [2.45, 2.75) is 32.4 Å². The van der Waals surface area contributed by atoms with Gasteiger partial charge in [0.15, 0.2) is 0 Å². The molecule has 1 atom stereocenters. The number of hydrogen-bond donors (Lipinski definition) is 0. The minimum atomic E-state index is -0.329. The number of hydrogen-bond acceptors (Lipinski definition) is 3. The molecule has 0 radical (unpaired) electrons. The topological polar surface area (TPSA) is 44.1 Å². The Balaban J connectivity index is 2.27. The van der Waals surface area contributed by atoms with Crippen LogP contribution in [0, 0.1) is 0 Å². The van der Waals surface area contributed by atoms with Crippen molar-refractivity contribution in [3.8, 4) is 0 Å². The third-order valence-electron chi connectivity index (χ3n) is 2.55. The Morgan fingerprint density at radius 3 is 3.20 bits per heavy atom. The van der Waals surface area contributed by atoms with Crippen molar-refractivity contribution in [3.05, 3.63) is 16.9 Å². The van der Waals surface area contributed by atoms with E-state index < -0.39 is 0 Å². The Kier molecular flexibility index (Phi) is 3.07. The first-order chi connectivity index (χ1) is 7.24. The summed E-state index contributed by atoms with van der Waals surface area (Å²) in [5.74, 6) is -0.0446. The van der Waals surface area contributed by atoms with E-state index in [4.69, 9.17) is 16.3 Å².